The van der Waals surface area contributed by atoms with E-state index in [2.05, 4.69) is 10.2 Å². The van der Waals surface area contributed by atoms with Gasteiger partial charge in [0.15, 0.2) is 0 Å². The summed E-state index contributed by atoms with van der Waals surface area (Å²) in [6.07, 6.45) is -0.264. The minimum Gasteiger partial charge on any atom is -0.388 e. The fourth-order valence-corrected chi connectivity index (χ4v) is 6.06. The predicted molar refractivity (Wildman–Crippen MR) is 164 cm³/mol. The molecule has 9 heteroatoms. The maximum absolute atomic E-state index is 14.8. The van der Waals surface area contributed by atoms with Crippen molar-refractivity contribution in [3.05, 3.63) is 137 Å². The van der Waals surface area contributed by atoms with Gasteiger partial charge >= 0.3 is 6.03 Å². The van der Waals surface area contributed by atoms with Crippen LogP contribution in [-0.2, 0) is 25.9 Å². The molecule has 0 unspecified atom stereocenters. The third kappa shape index (κ3) is 6.04. The van der Waals surface area contributed by atoms with Crippen LogP contribution >= 0.6 is 0 Å². The van der Waals surface area contributed by atoms with Crippen molar-refractivity contribution in [2.75, 3.05) is 0 Å². The van der Waals surface area contributed by atoms with E-state index in [4.69, 9.17) is 0 Å². The minimum atomic E-state index is -1.30. The molecule has 0 spiro atoms. The number of carbonyl (C=O) groups is 1. The molecule has 4 aromatic carbocycles. The van der Waals surface area contributed by atoms with Gasteiger partial charge < -0.3 is 20.0 Å². The smallest absolute Gasteiger partial charge is 0.321 e. The largest absolute Gasteiger partial charge is 0.388 e. The highest BCUT2D eigenvalue weighted by atomic mass is 19.1. The molecule has 3 N–H and O–H groups in total. The number of amides is 2. The lowest BCUT2D eigenvalue weighted by Crippen LogP contribution is -2.50. The lowest BCUT2D eigenvalue weighted by Gasteiger charge is -2.36. The van der Waals surface area contributed by atoms with Crippen molar-refractivity contribution in [1.29, 1.82) is 5.26 Å². The number of hydrogen-bond donors (Lipinski definition) is 3. The van der Waals surface area contributed by atoms with E-state index in [0.717, 1.165) is 27.6 Å². The number of hydrogen-bond acceptors (Lipinski definition) is 5. The molecule has 1 aliphatic rings. The molecule has 5 aromatic rings. The number of nitrogens with zero attached hydrogens (tertiary/aromatic N) is 4. The molecule has 44 heavy (non-hydrogen) atoms. The summed E-state index contributed by atoms with van der Waals surface area (Å²) in [5.41, 5.74) is 3.91. The van der Waals surface area contributed by atoms with Crippen LogP contribution in [0.4, 0.5) is 9.18 Å². The van der Waals surface area contributed by atoms with Crippen molar-refractivity contribution in [2.24, 2.45) is 0 Å². The van der Waals surface area contributed by atoms with Gasteiger partial charge in [0, 0.05) is 18.5 Å². The van der Waals surface area contributed by atoms with Crippen LogP contribution in [0.2, 0.25) is 0 Å². The molecular formula is C35H32FN5O3. The number of H-pyrrole nitrogens is 1. The number of fused-ring (bicyclic) bond motifs is 1. The van der Waals surface area contributed by atoms with Crippen LogP contribution in [0.3, 0.4) is 0 Å². The molecule has 2 amide bonds. The number of aromatic amines is 1. The Morgan fingerprint density at radius 3 is 1.89 bits per heavy atom. The topological polar surface area (TPSA) is 116 Å². The van der Waals surface area contributed by atoms with Crippen LogP contribution in [0.1, 0.15) is 27.8 Å². The summed E-state index contributed by atoms with van der Waals surface area (Å²) in [5.74, 6) is -0.645. The molecule has 1 aliphatic heterocycles. The number of aliphatic hydroxyl groups excluding tert-OH is 2. The molecule has 6 rings (SSSR count). The monoisotopic (exact) mass is 589 g/mol. The molecule has 8 nitrogen and oxygen atoms in total. The highest BCUT2D eigenvalue weighted by Crippen LogP contribution is 2.30. The first-order chi connectivity index (χ1) is 21.4. The molecule has 0 saturated carbocycles. The molecule has 222 valence electrons. The Kier molecular flexibility index (Phi) is 8.37. The lowest BCUT2D eigenvalue weighted by molar-refractivity contribution is -0.0408. The van der Waals surface area contributed by atoms with Gasteiger partial charge in [0.25, 0.3) is 0 Å². The van der Waals surface area contributed by atoms with E-state index in [1.165, 1.54) is 18.2 Å². The summed E-state index contributed by atoms with van der Waals surface area (Å²) in [7, 11) is 0. The zero-order valence-corrected chi connectivity index (χ0v) is 23.9. The Morgan fingerprint density at radius 2 is 1.32 bits per heavy atom. The second-order valence-electron chi connectivity index (χ2n) is 11.3. The van der Waals surface area contributed by atoms with Crippen molar-refractivity contribution in [2.45, 2.75) is 50.2 Å². The number of nitriles is 1. The van der Waals surface area contributed by atoms with E-state index >= 15 is 0 Å². The number of halogens is 1. The number of carbonyl (C=O) groups excluding carboxylic acids is 1. The van der Waals surface area contributed by atoms with Gasteiger partial charge in [-0.3, -0.25) is 5.10 Å². The van der Waals surface area contributed by atoms with Gasteiger partial charge in [0.1, 0.15) is 24.1 Å². The number of urea groups is 1. The van der Waals surface area contributed by atoms with Crippen LogP contribution in [-0.4, -0.2) is 60.5 Å². The number of aliphatic hydroxyl groups is 2. The van der Waals surface area contributed by atoms with E-state index in [1.807, 2.05) is 84.9 Å². The summed E-state index contributed by atoms with van der Waals surface area (Å²) in [6, 6.07) is 28.9. The fraction of sp³-hybridized carbons (Fsp3) is 0.229. The second-order valence-corrected chi connectivity index (χ2v) is 11.3. The van der Waals surface area contributed by atoms with Crippen LogP contribution < -0.4 is 0 Å². The first kappa shape index (κ1) is 29.1. The van der Waals surface area contributed by atoms with Gasteiger partial charge in [-0.1, -0.05) is 72.8 Å². The van der Waals surface area contributed by atoms with Gasteiger partial charge in [-0.15, -0.1) is 0 Å². The standard InChI is InChI=1S/C35H32FN5O3/c36-29-13-11-25(15-27(29)19-37)21-40-31(17-23-7-3-1-4-8-23)33(42)34(43)32(18-24-9-5-2-6-10-24)41(35(40)44)22-26-12-14-30-28(16-26)20-38-39-30/h1-16,20,31-34,42-43H,17-18,21-22H2,(H,38,39)/t31-,32-,33+,34+/m1/s1. The average molecular weight is 590 g/mol. The van der Waals surface area contributed by atoms with E-state index in [0.29, 0.717) is 12.0 Å². The summed E-state index contributed by atoms with van der Waals surface area (Å²) >= 11 is 0. The Labute approximate surface area is 254 Å². The molecule has 2 heterocycles. The second kappa shape index (κ2) is 12.7. The first-order valence-corrected chi connectivity index (χ1v) is 14.5. The van der Waals surface area contributed by atoms with Gasteiger partial charge in [-0.25, -0.2) is 9.18 Å². The minimum absolute atomic E-state index is 0.00436. The Bertz CT molecular complexity index is 1790. The normalized spacial score (nSPS) is 20.5. The molecule has 1 aromatic heterocycles. The maximum Gasteiger partial charge on any atom is 0.321 e. The highest BCUT2D eigenvalue weighted by Gasteiger charge is 2.46. The first-order valence-electron chi connectivity index (χ1n) is 14.5. The van der Waals surface area contributed by atoms with Crippen molar-refractivity contribution in [3.63, 3.8) is 0 Å². The van der Waals surface area contributed by atoms with Gasteiger partial charge in [-0.2, -0.15) is 10.4 Å². The van der Waals surface area contributed by atoms with Crippen LogP contribution in [0.5, 0.6) is 0 Å². The number of nitrogens with one attached hydrogen (secondary N) is 1. The summed E-state index contributed by atoms with van der Waals surface area (Å²) < 4.78 is 14.2. The van der Waals surface area contributed by atoms with Crippen molar-refractivity contribution in [3.8, 4) is 6.07 Å². The summed E-state index contributed by atoms with van der Waals surface area (Å²) in [5, 5.41) is 41.1. The maximum atomic E-state index is 14.8. The van der Waals surface area contributed by atoms with Gasteiger partial charge in [0.2, 0.25) is 0 Å². The lowest BCUT2D eigenvalue weighted by atomic mass is 9.91. The van der Waals surface area contributed by atoms with Gasteiger partial charge in [0.05, 0.1) is 29.4 Å². The van der Waals surface area contributed by atoms with E-state index in [1.54, 1.807) is 16.0 Å². The Hall–Kier alpha value is -5.04. The summed E-state index contributed by atoms with van der Waals surface area (Å²) in [4.78, 5) is 17.9. The Morgan fingerprint density at radius 1 is 0.773 bits per heavy atom. The number of benzene rings is 4. The van der Waals surface area contributed by atoms with E-state index in [9.17, 15) is 24.7 Å². The van der Waals surface area contributed by atoms with Crippen molar-refractivity contribution >= 4 is 16.9 Å². The SMILES string of the molecule is N#Cc1cc(CN2C(=O)N(Cc3ccc4[nH]ncc4c3)[C@H](Cc3ccccc3)[C@H](O)[C@@H](O)[C@H]2Cc2ccccc2)ccc1F. The van der Waals surface area contributed by atoms with Gasteiger partial charge in [-0.05, 0) is 59.4 Å². The zero-order chi connectivity index (χ0) is 30.6. The molecule has 1 saturated heterocycles. The molecule has 4 atom stereocenters. The molecule has 0 aliphatic carbocycles. The van der Waals surface area contributed by atoms with E-state index in [-0.39, 0.29) is 31.1 Å². The third-order valence-electron chi connectivity index (χ3n) is 8.37. The molecule has 0 radical (unpaired) electrons. The molecule has 0 bridgehead atoms. The quantitative estimate of drug-likeness (QED) is 0.237. The third-order valence-corrected chi connectivity index (χ3v) is 8.37. The van der Waals surface area contributed by atoms with Crippen molar-refractivity contribution < 1.29 is 19.4 Å². The highest BCUT2D eigenvalue weighted by molar-refractivity contribution is 5.79. The fourth-order valence-electron chi connectivity index (χ4n) is 6.06. The van der Waals surface area contributed by atoms with Crippen molar-refractivity contribution in [1.82, 2.24) is 20.0 Å². The summed E-state index contributed by atoms with van der Waals surface area (Å²) in [6.45, 7) is 0.174. The molecular weight excluding hydrogens is 557 g/mol. The number of rotatable bonds is 8. The molecule has 1 fully saturated rings. The van der Waals surface area contributed by atoms with Crippen LogP contribution in [0.15, 0.2) is 103 Å². The van der Waals surface area contributed by atoms with Crippen LogP contribution in [0.25, 0.3) is 10.9 Å². The van der Waals surface area contributed by atoms with E-state index < -0.39 is 30.1 Å². The van der Waals surface area contributed by atoms with Crippen LogP contribution in [0, 0.1) is 17.1 Å². The average Bonchev–Trinajstić information content (AvgIpc) is 3.51. The number of aromatic nitrogens is 2. The zero-order valence-electron chi connectivity index (χ0n) is 23.9. The Balaban J connectivity index is 1.44. The predicted octanol–water partition coefficient (Wildman–Crippen LogP) is 4.96.